The molecule has 0 aliphatic heterocycles. The van der Waals surface area contributed by atoms with Gasteiger partial charge in [-0.05, 0) is 91.7 Å². The van der Waals surface area contributed by atoms with E-state index in [1.54, 1.807) is 0 Å². The Labute approximate surface area is 348 Å². The molecule has 0 saturated carbocycles. The quantitative estimate of drug-likeness (QED) is 0.172. The van der Waals surface area contributed by atoms with Gasteiger partial charge in [-0.1, -0.05) is 157 Å². The van der Waals surface area contributed by atoms with E-state index in [-0.39, 0.29) is 4.90 Å². The Bertz CT molecular complexity index is 4590. The zero-order chi connectivity index (χ0) is 63.2. The van der Waals surface area contributed by atoms with Crippen LogP contribution in [-0.2, 0) is 0 Å². The average Bonchev–Trinajstić information content (AvgIpc) is 1.64. The fraction of sp³-hybridized carbons (Fsp3) is 0. The molecule has 0 N–H and O–H groups in total. The van der Waals surface area contributed by atoms with Crippen LogP contribution in [0.2, 0.25) is 0 Å². The molecule has 10 rings (SSSR count). The van der Waals surface area contributed by atoms with Crippen molar-refractivity contribution in [2.45, 2.75) is 0 Å². The molecule has 0 radical (unpaired) electrons. The average molecular weight is 697 g/mol. The summed E-state index contributed by atoms with van der Waals surface area (Å²) in [5, 5.41) is -4.00. The van der Waals surface area contributed by atoms with E-state index < -0.39 is 293 Å². The monoisotopic (exact) mass is 696 g/mol. The van der Waals surface area contributed by atoms with E-state index >= 15 is 0 Å². The molecule has 1 aromatic heterocycles. The summed E-state index contributed by atoms with van der Waals surface area (Å²) in [5.41, 5.74) is -10.8. The van der Waals surface area contributed by atoms with Gasteiger partial charge in [0.25, 0.3) is 0 Å². The Hall–Kier alpha value is -6.90. The molecule has 0 spiro atoms. The van der Waals surface area contributed by atoms with Crippen LogP contribution in [0.15, 0.2) is 204 Å². The molecule has 0 bridgehead atoms. The van der Waals surface area contributed by atoms with Crippen molar-refractivity contribution in [2.75, 3.05) is 4.90 Å². The van der Waals surface area contributed by atoms with Gasteiger partial charge >= 0.3 is 0 Å². The molecular weight excluding hydrogens is 631 g/mol. The maximum absolute atomic E-state index is 9.99. The van der Waals surface area contributed by atoms with Crippen LogP contribution < -0.4 is 4.90 Å². The number of fused-ring (bicyclic) bond motifs is 5. The van der Waals surface area contributed by atoms with Crippen LogP contribution in [0, 0.1) is 0 Å². The lowest BCUT2D eigenvalue weighted by Crippen LogP contribution is -2.10. The summed E-state index contributed by atoms with van der Waals surface area (Å²) < 4.78 is 304. The molecule has 9 aromatic carbocycles. The van der Waals surface area contributed by atoms with Gasteiger partial charge in [0.15, 0.2) is 0 Å². The fourth-order valence-electron chi connectivity index (χ4n) is 5.52. The lowest BCUT2D eigenvalue weighted by atomic mass is 9.96. The molecule has 2 nitrogen and oxygen atoms in total. The van der Waals surface area contributed by atoms with Crippen LogP contribution in [0.1, 0.15) is 45.2 Å². The van der Waals surface area contributed by atoms with Crippen LogP contribution in [0.25, 0.3) is 76.9 Å². The smallest absolute Gasteiger partial charge is 0.143 e. The van der Waals surface area contributed by atoms with Crippen molar-refractivity contribution in [3.8, 4) is 33.4 Å². The first-order valence-electron chi connectivity index (χ1n) is 31.6. The third-order valence-corrected chi connectivity index (χ3v) is 7.82. The van der Waals surface area contributed by atoms with Gasteiger partial charge in [-0.2, -0.15) is 0 Å². The summed E-state index contributed by atoms with van der Waals surface area (Å²) in [6, 6.07) is -35.4. The number of furan rings is 1. The molecule has 0 atom stereocenters. The number of hydrogen-bond donors (Lipinski definition) is 0. The molecule has 10 aromatic rings. The van der Waals surface area contributed by atoms with Gasteiger partial charge in [-0.25, -0.2) is 0 Å². The highest BCUT2D eigenvalue weighted by molar-refractivity contribution is 6.09. The molecule has 0 fully saturated rings. The molecule has 0 amide bonds. The van der Waals surface area contributed by atoms with Gasteiger partial charge in [0.2, 0.25) is 0 Å². The Morgan fingerprint density at radius 3 is 1.46 bits per heavy atom. The lowest BCUT2D eigenvalue weighted by molar-refractivity contribution is 0.670. The summed E-state index contributed by atoms with van der Waals surface area (Å²) in [7, 11) is 0. The molecule has 0 unspecified atom stereocenters. The van der Waals surface area contributed by atoms with Crippen molar-refractivity contribution in [3.05, 3.63) is 199 Å². The molecule has 1 heterocycles. The Kier molecular flexibility index (Phi) is 2.77. The minimum atomic E-state index is -1.37. The van der Waals surface area contributed by atoms with Gasteiger partial charge in [0.05, 0.1) is 45.2 Å². The zero-order valence-electron chi connectivity index (χ0n) is 58.9. The minimum absolute atomic E-state index is 0.247. The minimum Gasteiger partial charge on any atom is -0.455 e. The summed E-state index contributed by atoms with van der Waals surface area (Å²) in [5.74, 6) is 0. The van der Waals surface area contributed by atoms with E-state index in [1.807, 2.05) is 0 Å². The van der Waals surface area contributed by atoms with Crippen molar-refractivity contribution in [3.63, 3.8) is 0 Å². The number of nitrogens with zero attached hydrogens (tertiary/aromatic N) is 1. The normalized spacial score (nSPS) is 20.3. The van der Waals surface area contributed by atoms with Gasteiger partial charge in [-0.15, -0.1) is 0 Å². The molecular formula is C50H33NO. The third-order valence-electron chi connectivity index (χ3n) is 7.82. The summed E-state index contributed by atoms with van der Waals surface area (Å²) in [6.45, 7) is 0. The van der Waals surface area contributed by atoms with Crippen LogP contribution in [0.5, 0.6) is 0 Å². The van der Waals surface area contributed by atoms with E-state index in [9.17, 15) is 16.4 Å². The fourth-order valence-corrected chi connectivity index (χ4v) is 5.52. The summed E-state index contributed by atoms with van der Waals surface area (Å²) in [6.07, 6.45) is 0. The first-order chi connectivity index (χ1) is 39.5. The van der Waals surface area contributed by atoms with Crippen molar-refractivity contribution >= 4 is 60.5 Å². The van der Waals surface area contributed by atoms with Crippen molar-refractivity contribution in [1.82, 2.24) is 0 Å². The SMILES string of the molecule is [2H]c1c([2H])c(-c2c([2H])c([2H])c([2H])c3c([2H])c([2H])c([2H])c([2H])c23)c([2H])c(N(c2c([2H])c([2H])c(-c3c([2H])c([2H])c([2H])c4c3oc3c([2H])c([2H])c([2H])c([2H])c34)c([2H])c2[2H])c2c([2H])c([2H])c([2H])c(-c3c([2H])c([2H])c([2H])c4c([2H])c([2H])c([2H])c([2H])c34)c2[2H])c1[2H]. The Morgan fingerprint density at radius 1 is 0.346 bits per heavy atom. The van der Waals surface area contributed by atoms with Gasteiger partial charge in [0, 0.05) is 33.4 Å². The first-order valence-corrected chi connectivity index (χ1v) is 15.1. The van der Waals surface area contributed by atoms with E-state index in [0.717, 1.165) is 0 Å². The number of benzene rings is 9. The molecule has 0 saturated heterocycles. The van der Waals surface area contributed by atoms with E-state index in [2.05, 4.69) is 0 Å². The van der Waals surface area contributed by atoms with E-state index in [4.69, 9.17) is 33.2 Å². The highest BCUT2D eigenvalue weighted by Gasteiger charge is 2.17. The number of rotatable bonds is 6. The van der Waals surface area contributed by atoms with E-state index in [1.165, 1.54) is 0 Å². The number of para-hydroxylation sites is 2. The van der Waals surface area contributed by atoms with E-state index in [0.29, 0.717) is 0 Å². The second-order valence-corrected chi connectivity index (χ2v) is 10.8. The molecule has 0 aliphatic carbocycles. The predicted molar refractivity (Wildman–Crippen MR) is 220 cm³/mol. The lowest BCUT2D eigenvalue weighted by Gasteiger charge is -2.27. The van der Waals surface area contributed by atoms with Gasteiger partial charge in [0.1, 0.15) is 11.2 Å². The summed E-state index contributed by atoms with van der Waals surface area (Å²) in [4.78, 5) is 0.247. The molecule has 244 valence electrons. The maximum Gasteiger partial charge on any atom is 0.143 e. The second-order valence-electron chi connectivity index (χ2n) is 10.8. The number of anilines is 3. The van der Waals surface area contributed by atoms with Crippen LogP contribution in [0.4, 0.5) is 17.1 Å². The topological polar surface area (TPSA) is 16.4 Å². The molecule has 2 heteroatoms. The van der Waals surface area contributed by atoms with Crippen LogP contribution in [-0.4, -0.2) is 0 Å². The highest BCUT2D eigenvalue weighted by atomic mass is 16.3. The molecule has 52 heavy (non-hydrogen) atoms. The van der Waals surface area contributed by atoms with Crippen molar-refractivity contribution in [2.24, 2.45) is 0 Å². The predicted octanol–water partition coefficient (Wildman–Crippen LogP) is 14.4. The van der Waals surface area contributed by atoms with Gasteiger partial charge < -0.3 is 9.32 Å². The molecule has 0 aliphatic rings. The van der Waals surface area contributed by atoms with Crippen molar-refractivity contribution < 1.29 is 49.7 Å². The van der Waals surface area contributed by atoms with Crippen LogP contribution >= 0.6 is 0 Å². The highest BCUT2D eigenvalue weighted by Crippen LogP contribution is 2.42. The third kappa shape index (κ3) is 5.12. The maximum atomic E-state index is 9.99. The first kappa shape index (κ1) is 11.6. The Balaban J connectivity index is 1.44. The standard InChI is InChI=1S/C50H33NO/c1-3-20-42-34(12-1)14-9-23-44(42)37-16-7-18-40(32-37)51(41-19-8-17-38(33-41)45-24-10-15-35-13-2-4-21-43(35)45)39-30-28-36(29-31-39)46-25-11-26-48-47-22-5-6-27-49(47)52-50(46)48/h1-33H/i1D,2D,3D,4D,5D,6D,7D,8D,9D,10D,11D,12D,13D,14D,15D,16D,17D,18D,19D,20D,21D,22D,23D,24D,25D,26D,27D,28D,29D,30D,31D,32D,33D. The van der Waals surface area contributed by atoms with Crippen molar-refractivity contribution in [1.29, 1.82) is 0 Å². The Morgan fingerprint density at radius 2 is 0.827 bits per heavy atom. The summed E-state index contributed by atoms with van der Waals surface area (Å²) >= 11 is 0. The van der Waals surface area contributed by atoms with Gasteiger partial charge in [-0.3, -0.25) is 0 Å². The largest absolute Gasteiger partial charge is 0.455 e. The number of hydrogen-bond acceptors (Lipinski definition) is 2. The zero-order valence-corrected chi connectivity index (χ0v) is 25.9. The van der Waals surface area contributed by atoms with Crippen LogP contribution in [0.3, 0.4) is 0 Å². The second kappa shape index (κ2) is 12.5.